The van der Waals surface area contributed by atoms with E-state index in [4.69, 9.17) is 9.90 Å². The highest BCUT2D eigenvalue weighted by atomic mass is 16.3. The number of carbonyl (C=O) groups is 2. The Bertz CT molecular complexity index is 530. The van der Waals surface area contributed by atoms with E-state index < -0.39 is 0 Å². The summed E-state index contributed by atoms with van der Waals surface area (Å²) in [7, 11) is 0. The van der Waals surface area contributed by atoms with Crippen molar-refractivity contribution in [3.05, 3.63) is 12.2 Å². The Morgan fingerprint density at radius 2 is 2.00 bits per heavy atom. The first-order valence-electron chi connectivity index (χ1n) is 8.59. The van der Waals surface area contributed by atoms with Crippen molar-refractivity contribution in [2.75, 3.05) is 32.7 Å². The minimum atomic E-state index is -0.250. The molecule has 1 saturated heterocycles. The molecule has 0 atom stereocenters. The van der Waals surface area contributed by atoms with Crippen LogP contribution in [-0.4, -0.2) is 74.8 Å². The fourth-order valence-electron chi connectivity index (χ4n) is 3.11. The first-order valence-corrected chi connectivity index (χ1v) is 8.59. The number of hydrogen-bond acceptors (Lipinski definition) is 5. The zero-order valence-electron chi connectivity index (χ0n) is 14.3. The summed E-state index contributed by atoms with van der Waals surface area (Å²) in [6.45, 7) is 7.54. The van der Waals surface area contributed by atoms with Gasteiger partial charge in [0, 0.05) is 38.6 Å². The van der Waals surface area contributed by atoms with Crippen LogP contribution >= 0.6 is 0 Å². The Morgan fingerprint density at radius 3 is 2.58 bits per heavy atom. The van der Waals surface area contributed by atoms with Crippen LogP contribution in [0.25, 0.3) is 0 Å². The van der Waals surface area contributed by atoms with Gasteiger partial charge in [-0.25, -0.2) is 0 Å². The third kappa shape index (κ3) is 5.02. The van der Waals surface area contributed by atoms with Gasteiger partial charge in [0.25, 0.3) is 6.47 Å². The molecule has 8 heteroatoms. The van der Waals surface area contributed by atoms with Crippen molar-refractivity contribution < 1.29 is 14.7 Å². The highest BCUT2D eigenvalue weighted by molar-refractivity contribution is 5.79. The molecule has 1 amide bonds. The van der Waals surface area contributed by atoms with Crippen LogP contribution in [0, 0.1) is 12.8 Å². The van der Waals surface area contributed by atoms with Gasteiger partial charge >= 0.3 is 0 Å². The predicted molar refractivity (Wildman–Crippen MR) is 88.4 cm³/mol. The first-order chi connectivity index (χ1) is 11.7. The molecule has 3 rings (SSSR count). The molecule has 1 aliphatic carbocycles. The van der Waals surface area contributed by atoms with Crippen LogP contribution in [0.15, 0.2) is 6.33 Å². The molecule has 2 fully saturated rings. The summed E-state index contributed by atoms with van der Waals surface area (Å²) >= 11 is 0. The molecule has 1 aromatic heterocycles. The fourth-order valence-corrected chi connectivity index (χ4v) is 3.11. The van der Waals surface area contributed by atoms with E-state index in [0.717, 1.165) is 64.4 Å². The molecule has 134 valence electrons. The van der Waals surface area contributed by atoms with Crippen LogP contribution in [0.5, 0.6) is 0 Å². The number of nitrogens with zero attached hydrogens (tertiary/aromatic N) is 5. The highest BCUT2D eigenvalue weighted by Crippen LogP contribution is 2.28. The van der Waals surface area contributed by atoms with Crippen molar-refractivity contribution in [2.24, 2.45) is 5.92 Å². The molecule has 0 radical (unpaired) electrons. The van der Waals surface area contributed by atoms with Crippen molar-refractivity contribution in [3.63, 3.8) is 0 Å². The maximum atomic E-state index is 12.3. The third-order valence-electron chi connectivity index (χ3n) is 4.82. The average molecular weight is 337 g/mol. The van der Waals surface area contributed by atoms with Gasteiger partial charge < -0.3 is 14.6 Å². The Balaban J connectivity index is 0.000000647. The molecule has 24 heavy (non-hydrogen) atoms. The van der Waals surface area contributed by atoms with Crippen molar-refractivity contribution in [2.45, 2.75) is 39.2 Å². The van der Waals surface area contributed by atoms with Gasteiger partial charge in [0.05, 0.1) is 0 Å². The number of aromatic nitrogens is 3. The van der Waals surface area contributed by atoms with Crippen LogP contribution in [0.4, 0.5) is 0 Å². The van der Waals surface area contributed by atoms with Gasteiger partial charge in [-0.15, -0.1) is 10.2 Å². The van der Waals surface area contributed by atoms with E-state index in [-0.39, 0.29) is 6.47 Å². The highest BCUT2D eigenvalue weighted by Gasteiger charge is 2.30. The minimum Gasteiger partial charge on any atom is -0.483 e. The van der Waals surface area contributed by atoms with E-state index in [1.807, 2.05) is 6.92 Å². The number of aryl methyl sites for hydroxylation is 1. The topological polar surface area (TPSA) is 91.6 Å². The van der Waals surface area contributed by atoms with Crippen molar-refractivity contribution >= 4 is 12.4 Å². The summed E-state index contributed by atoms with van der Waals surface area (Å²) in [6.07, 6.45) is 6.31. The van der Waals surface area contributed by atoms with E-state index in [2.05, 4.69) is 24.6 Å². The maximum absolute atomic E-state index is 12.3. The van der Waals surface area contributed by atoms with Gasteiger partial charge in [-0.1, -0.05) is 6.42 Å². The molecule has 2 aliphatic rings. The monoisotopic (exact) mass is 337 g/mol. The maximum Gasteiger partial charge on any atom is 0.290 e. The molecule has 0 spiro atoms. The van der Waals surface area contributed by atoms with Gasteiger partial charge in [0.1, 0.15) is 12.2 Å². The molecular formula is C16H27N5O3. The van der Waals surface area contributed by atoms with Gasteiger partial charge in [-0.05, 0) is 32.7 Å². The van der Waals surface area contributed by atoms with E-state index in [1.165, 1.54) is 6.42 Å². The number of carboxylic acid groups (broad SMARTS) is 1. The van der Waals surface area contributed by atoms with Gasteiger partial charge in [0.2, 0.25) is 5.91 Å². The Morgan fingerprint density at radius 1 is 1.25 bits per heavy atom. The zero-order valence-corrected chi connectivity index (χ0v) is 14.3. The van der Waals surface area contributed by atoms with Crippen LogP contribution in [0.3, 0.4) is 0 Å². The predicted octanol–water partition coefficient (Wildman–Crippen LogP) is 0.622. The van der Waals surface area contributed by atoms with E-state index in [0.29, 0.717) is 11.8 Å². The van der Waals surface area contributed by atoms with Crippen LogP contribution in [-0.2, 0) is 16.1 Å². The quantitative estimate of drug-likeness (QED) is 0.810. The minimum absolute atomic E-state index is 0.250. The summed E-state index contributed by atoms with van der Waals surface area (Å²) in [4.78, 5) is 25.2. The summed E-state index contributed by atoms with van der Waals surface area (Å²) < 4.78 is 2.09. The van der Waals surface area contributed by atoms with E-state index >= 15 is 0 Å². The molecule has 8 nitrogen and oxygen atoms in total. The van der Waals surface area contributed by atoms with E-state index in [9.17, 15) is 4.79 Å². The van der Waals surface area contributed by atoms with Gasteiger partial charge in [0.15, 0.2) is 0 Å². The SMILES string of the molecule is Cc1nncn1CCN1CCCN(C(=O)C2CCC2)CC1.O=CO. The second-order valence-electron chi connectivity index (χ2n) is 6.33. The largest absolute Gasteiger partial charge is 0.483 e. The Hall–Kier alpha value is -1.96. The molecule has 1 aromatic rings. The molecule has 2 heterocycles. The number of hydrogen-bond donors (Lipinski definition) is 1. The standard InChI is InChI=1S/C15H25N5O.CH2O2/c1-13-17-16-12-20(13)11-9-18-6-3-7-19(10-8-18)15(21)14-4-2-5-14;2-1-3/h12,14H,2-11H2,1H3;1H,(H,2,3). The van der Waals surface area contributed by atoms with Gasteiger partial charge in [-0.2, -0.15) is 0 Å². The number of carbonyl (C=O) groups excluding carboxylic acids is 1. The smallest absolute Gasteiger partial charge is 0.290 e. The third-order valence-corrected chi connectivity index (χ3v) is 4.82. The molecule has 1 N–H and O–H groups in total. The second-order valence-corrected chi connectivity index (χ2v) is 6.33. The second kappa shape index (κ2) is 9.36. The average Bonchev–Trinajstić information content (AvgIpc) is 2.78. The number of rotatable bonds is 4. The molecule has 1 saturated carbocycles. The normalized spacial score (nSPS) is 19.0. The lowest BCUT2D eigenvalue weighted by Crippen LogP contribution is -2.41. The first kappa shape index (κ1) is 18.4. The summed E-state index contributed by atoms with van der Waals surface area (Å²) in [6, 6.07) is 0. The zero-order chi connectivity index (χ0) is 17.4. The lowest BCUT2D eigenvalue weighted by Gasteiger charge is -2.31. The Labute approximate surface area is 142 Å². The fraction of sp³-hybridized carbons (Fsp3) is 0.750. The van der Waals surface area contributed by atoms with Crippen molar-refractivity contribution in [3.8, 4) is 0 Å². The van der Waals surface area contributed by atoms with E-state index in [1.54, 1.807) is 6.33 Å². The van der Waals surface area contributed by atoms with Crippen LogP contribution in [0.1, 0.15) is 31.5 Å². The molecule has 0 bridgehead atoms. The summed E-state index contributed by atoms with van der Waals surface area (Å²) in [5, 5.41) is 14.8. The lowest BCUT2D eigenvalue weighted by atomic mass is 9.84. The summed E-state index contributed by atoms with van der Waals surface area (Å²) in [5.41, 5.74) is 0. The van der Waals surface area contributed by atoms with Crippen LogP contribution < -0.4 is 0 Å². The molecule has 1 aliphatic heterocycles. The lowest BCUT2D eigenvalue weighted by molar-refractivity contribution is -0.138. The van der Waals surface area contributed by atoms with Crippen molar-refractivity contribution in [1.29, 1.82) is 0 Å². The van der Waals surface area contributed by atoms with Gasteiger partial charge in [-0.3, -0.25) is 14.5 Å². The summed E-state index contributed by atoms with van der Waals surface area (Å²) in [5.74, 6) is 1.69. The Kier molecular flexibility index (Phi) is 7.17. The van der Waals surface area contributed by atoms with Crippen LogP contribution in [0.2, 0.25) is 0 Å². The number of amides is 1. The molecular weight excluding hydrogens is 310 g/mol. The molecule has 0 unspecified atom stereocenters. The van der Waals surface area contributed by atoms with Crippen molar-refractivity contribution in [1.82, 2.24) is 24.6 Å². The molecule has 0 aromatic carbocycles.